The summed E-state index contributed by atoms with van der Waals surface area (Å²) >= 11 is 0. The number of benzene rings is 2. The van der Waals surface area contributed by atoms with Gasteiger partial charge < -0.3 is 15.5 Å². The van der Waals surface area contributed by atoms with Gasteiger partial charge in [0.2, 0.25) is 0 Å². The zero-order chi connectivity index (χ0) is 17.2. The minimum Gasteiger partial charge on any atom is -0.506 e. The lowest BCUT2D eigenvalue weighted by molar-refractivity contribution is 0.0692. The van der Waals surface area contributed by atoms with Crippen LogP contribution in [0.15, 0.2) is 42.5 Å². The molecular weight excluding hydrogens is 294 g/mol. The van der Waals surface area contributed by atoms with Crippen molar-refractivity contribution < 1.29 is 19.8 Å². The van der Waals surface area contributed by atoms with Gasteiger partial charge in [0.25, 0.3) is 5.91 Å². The van der Waals surface area contributed by atoms with Crippen LogP contribution in [0.1, 0.15) is 47.1 Å². The highest BCUT2D eigenvalue weighted by molar-refractivity contribution is 6.11. The molecule has 3 N–H and O–H groups in total. The Hall–Kier alpha value is -2.82. The lowest BCUT2D eigenvalue weighted by atomic mass is 9.87. The molecule has 0 spiro atoms. The van der Waals surface area contributed by atoms with Crippen molar-refractivity contribution in [3.63, 3.8) is 0 Å². The zero-order valence-corrected chi connectivity index (χ0v) is 13.3. The fourth-order valence-electron chi connectivity index (χ4n) is 2.16. The summed E-state index contributed by atoms with van der Waals surface area (Å²) in [4.78, 5) is 23.6. The minimum atomic E-state index is -1.18. The number of amides is 1. The number of aromatic carboxylic acids is 1. The van der Waals surface area contributed by atoms with Crippen LogP contribution in [0.5, 0.6) is 5.75 Å². The molecule has 0 bridgehead atoms. The summed E-state index contributed by atoms with van der Waals surface area (Å²) in [5, 5.41) is 21.7. The number of phenolic OH excluding ortho intramolecular Hbond substituents is 1. The molecule has 5 heteroatoms. The van der Waals surface area contributed by atoms with Gasteiger partial charge in [-0.15, -0.1) is 0 Å². The van der Waals surface area contributed by atoms with Crippen molar-refractivity contribution >= 4 is 17.6 Å². The van der Waals surface area contributed by atoms with Crippen molar-refractivity contribution in [3.8, 4) is 5.75 Å². The highest BCUT2D eigenvalue weighted by atomic mass is 16.4. The third kappa shape index (κ3) is 3.69. The van der Waals surface area contributed by atoms with Crippen LogP contribution in [-0.4, -0.2) is 22.1 Å². The number of hydrogen-bond donors (Lipinski definition) is 3. The number of nitrogens with one attached hydrogen (secondary N) is 1. The summed E-state index contributed by atoms with van der Waals surface area (Å²) in [6, 6.07) is 10.9. The number of anilines is 1. The molecule has 0 unspecified atom stereocenters. The van der Waals surface area contributed by atoms with E-state index in [1.54, 1.807) is 24.3 Å². The van der Waals surface area contributed by atoms with Crippen LogP contribution in [0.2, 0.25) is 0 Å². The Bertz CT molecular complexity index is 760. The van der Waals surface area contributed by atoms with Crippen molar-refractivity contribution in [2.45, 2.75) is 26.2 Å². The molecular formula is C18H19NO4. The lowest BCUT2D eigenvalue weighted by Crippen LogP contribution is -2.17. The Kier molecular flexibility index (Phi) is 4.40. The molecule has 120 valence electrons. The van der Waals surface area contributed by atoms with E-state index in [1.807, 2.05) is 20.8 Å². The average Bonchev–Trinajstić information content (AvgIpc) is 2.48. The smallest absolute Gasteiger partial charge is 0.336 e. The van der Waals surface area contributed by atoms with Gasteiger partial charge in [0.15, 0.2) is 0 Å². The molecule has 0 aliphatic heterocycles. The van der Waals surface area contributed by atoms with Gasteiger partial charge in [-0.1, -0.05) is 39.0 Å². The van der Waals surface area contributed by atoms with E-state index < -0.39 is 11.9 Å². The van der Waals surface area contributed by atoms with Gasteiger partial charge in [0.05, 0.1) is 16.8 Å². The molecule has 2 rings (SSSR count). The van der Waals surface area contributed by atoms with Gasteiger partial charge in [-0.3, -0.25) is 4.79 Å². The molecule has 0 aromatic heterocycles. The van der Waals surface area contributed by atoms with Crippen LogP contribution in [-0.2, 0) is 5.41 Å². The zero-order valence-electron chi connectivity index (χ0n) is 13.3. The van der Waals surface area contributed by atoms with E-state index in [-0.39, 0.29) is 28.0 Å². The molecule has 0 radical (unpaired) electrons. The maximum atomic E-state index is 12.4. The quantitative estimate of drug-likeness (QED) is 0.755. The highest BCUT2D eigenvalue weighted by Gasteiger charge is 2.19. The molecule has 0 atom stereocenters. The molecule has 0 aliphatic rings. The van der Waals surface area contributed by atoms with Gasteiger partial charge >= 0.3 is 5.97 Å². The number of rotatable bonds is 3. The van der Waals surface area contributed by atoms with E-state index >= 15 is 0 Å². The number of hydrogen-bond acceptors (Lipinski definition) is 3. The van der Waals surface area contributed by atoms with Gasteiger partial charge in [-0.25, -0.2) is 4.79 Å². The summed E-state index contributed by atoms with van der Waals surface area (Å²) < 4.78 is 0. The third-order valence-corrected chi connectivity index (χ3v) is 3.51. The predicted molar refractivity (Wildman–Crippen MR) is 88.2 cm³/mol. The third-order valence-electron chi connectivity index (χ3n) is 3.51. The van der Waals surface area contributed by atoms with E-state index in [0.717, 1.165) is 5.56 Å². The molecule has 5 nitrogen and oxygen atoms in total. The van der Waals surface area contributed by atoms with Crippen molar-refractivity contribution in [2.24, 2.45) is 0 Å². The first-order valence-corrected chi connectivity index (χ1v) is 7.17. The number of carboxylic acids is 1. The van der Waals surface area contributed by atoms with E-state index in [9.17, 15) is 14.7 Å². The number of phenols is 1. The Labute approximate surface area is 134 Å². The van der Waals surface area contributed by atoms with E-state index in [1.165, 1.54) is 18.2 Å². The fraction of sp³-hybridized carbons (Fsp3) is 0.222. The highest BCUT2D eigenvalue weighted by Crippen LogP contribution is 2.31. The normalized spacial score (nSPS) is 11.1. The first-order valence-electron chi connectivity index (χ1n) is 7.17. The Morgan fingerprint density at radius 3 is 2.17 bits per heavy atom. The molecule has 1 amide bonds. The molecule has 2 aromatic carbocycles. The first-order chi connectivity index (χ1) is 10.7. The van der Waals surface area contributed by atoms with Crippen LogP contribution in [0.25, 0.3) is 0 Å². The van der Waals surface area contributed by atoms with Crippen molar-refractivity contribution in [2.75, 3.05) is 5.32 Å². The summed E-state index contributed by atoms with van der Waals surface area (Å²) in [5.74, 6) is -1.83. The number of carboxylic acid groups (broad SMARTS) is 1. The van der Waals surface area contributed by atoms with Crippen molar-refractivity contribution in [1.82, 2.24) is 0 Å². The second-order valence-electron chi connectivity index (χ2n) is 6.29. The molecule has 0 saturated carbocycles. The van der Waals surface area contributed by atoms with Crippen LogP contribution in [0.3, 0.4) is 0 Å². The number of aromatic hydroxyl groups is 1. The van der Waals surface area contributed by atoms with E-state index in [4.69, 9.17) is 5.11 Å². The molecule has 0 aliphatic carbocycles. The number of carbonyl (C=O) groups is 2. The summed E-state index contributed by atoms with van der Waals surface area (Å²) in [6.07, 6.45) is 0. The Morgan fingerprint density at radius 1 is 1.00 bits per heavy atom. The van der Waals surface area contributed by atoms with Gasteiger partial charge in [0, 0.05) is 0 Å². The molecule has 23 heavy (non-hydrogen) atoms. The van der Waals surface area contributed by atoms with Crippen LogP contribution in [0, 0.1) is 0 Å². The predicted octanol–water partition coefficient (Wildman–Crippen LogP) is 3.64. The Balaban J connectivity index is 2.36. The number of carbonyl (C=O) groups excluding carboxylic acids is 1. The summed E-state index contributed by atoms with van der Waals surface area (Å²) in [5.41, 5.74) is 1.00. The second-order valence-corrected chi connectivity index (χ2v) is 6.29. The van der Waals surface area contributed by atoms with Gasteiger partial charge in [0.1, 0.15) is 5.75 Å². The van der Waals surface area contributed by atoms with E-state index in [2.05, 4.69) is 5.32 Å². The minimum absolute atomic E-state index is 0.0422. The summed E-state index contributed by atoms with van der Waals surface area (Å²) in [7, 11) is 0. The van der Waals surface area contributed by atoms with Crippen LogP contribution >= 0.6 is 0 Å². The monoisotopic (exact) mass is 313 g/mol. The van der Waals surface area contributed by atoms with Crippen LogP contribution in [0.4, 0.5) is 5.69 Å². The SMILES string of the molecule is CC(C)(C)c1ccc(O)c(NC(=O)c2ccccc2C(=O)O)c1. The topological polar surface area (TPSA) is 86.6 Å². The van der Waals surface area contributed by atoms with E-state index in [0.29, 0.717) is 0 Å². The molecule has 0 saturated heterocycles. The molecule has 0 fully saturated rings. The lowest BCUT2D eigenvalue weighted by Gasteiger charge is -2.20. The molecule has 0 heterocycles. The van der Waals surface area contributed by atoms with Gasteiger partial charge in [-0.2, -0.15) is 0 Å². The fourth-order valence-corrected chi connectivity index (χ4v) is 2.16. The van der Waals surface area contributed by atoms with Crippen molar-refractivity contribution in [3.05, 3.63) is 59.2 Å². The standard InChI is InChI=1S/C18H19NO4/c1-18(2,3)11-8-9-15(20)14(10-11)19-16(21)12-6-4-5-7-13(12)17(22)23/h4-10,20H,1-3H3,(H,19,21)(H,22,23). The maximum Gasteiger partial charge on any atom is 0.336 e. The van der Waals surface area contributed by atoms with Gasteiger partial charge in [-0.05, 0) is 35.2 Å². The Morgan fingerprint density at radius 2 is 1.61 bits per heavy atom. The largest absolute Gasteiger partial charge is 0.506 e. The van der Waals surface area contributed by atoms with Crippen molar-refractivity contribution in [1.29, 1.82) is 0 Å². The molecule has 2 aromatic rings. The van der Waals surface area contributed by atoms with Crippen LogP contribution < -0.4 is 5.32 Å². The summed E-state index contributed by atoms with van der Waals surface area (Å²) in [6.45, 7) is 6.06. The second kappa shape index (κ2) is 6.12. The first kappa shape index (κ1) is 16.5. The maximum absolute atomic E-state index is 12.4. The average molecular weight is 313 g/mol.